The Bertz CT molecular complexity index is 971. The Hall–Kier alpha value is -3.60. The topological polar surface area (TPSA) is 54.5 Å². The summed E-state index contributed by atoms with van der Waals surface area (Å²) in [6, 6.07) is 19.2. The van der Waals surface area contributed by atoms with Gasteiger partial charge in [0.15, 0.2) is 0 Å². The van der Waals surface area contributed by atoms with Crippen molar-refractivity contribution in [2.75, 3.05) is 11.9 Å². The first-order chi connectivity index (χ1) is 13.8. The molecule has 3 aromatic rings. The van der Waals surface area contributed by atoms with E-state index in [4.69, 9.17) is 4.74 Å². The van der Waals surface area contributed by atoms with Gasteiger partial charge >= 0.3 is 0 Å². The Kier molecular flexibility index (Phi) is 5.06. The van der Waals surface area contributed by atoms with E-state index < -0.39 is 0 Å². The largest absolute Gasteiger partial charge is 0.489 e. The molecule has 0 bridgehead atoms. The Labute approximate surface area is 164 Å². The molecule has 4 rings (SSSR count). The molecule has 1 atom stereocenters. The first-order valence-electron chi connectivity index (χ1n) is 9.15. The van der Waals surface area contributed by atoms with Gasteiger partial charge in [-0.2, -0.15) is 0 Å². The summed E-state index contributed by atoms with van der Waals surface area (Å²) in [6.07, 6.45) is 5.01. The Morgan fingerprint density at radius 2 is 1.93 bits per heavy atom. The molecule has 2 aromatic carbocycles. The zero-order valence-corrected chi connectivity index (χ0v) is 15.4. The zero-order valence-electron chi connectivity index (χ0n) is 15.4. The summed E-state index contributed by atoms with van der Waals surface area (Å²) in [5, 5.41) is 3.46. The summed E-state index contributed by atoms with van der Waals surface area (Å²) in [5.41, 5.74) is 3.52. The van der Waals surface area contributed by atoms with Crippen molar-refractivity contribution in [3.8, 4) is 5.75 Å². The highest BCUT2D eigenvalue weighted by molar-refractivity contribution is 6.01. The Balaban J connectivity index is 1.54. The maximum atomic E-state index is 12.9. The molecule has 5 heteroatoms. The van der Waals surface area contributed by atoms with Gasteiger partial charge in [-0.05, 0) is 35.9 Å². The molecule has 1 amide bonds. The first kappa shape index (κ1) is 17.8. The average Bonchev–Trinajstić information content (AvgIpc) is 2.75. The third-order valence-electron chi connectivity index (χ3n) is 4.67. The number of carbonyl (C=O) groups excluding carboxylic acids is 1. The average molecular weight is 371 g/mol. The lowest BCUT2D eigenvalue weighted by molar-refractivity contribution is 0.0707. The van der Waals surface area contributed by atoms with E-state index >= 15 is 0 Å². The number of aromatic nitrogens is 1. The van der Waals surface area contributed by atoms with E-state index in [9.17, 15) is 4.79 Å². The Morgan fingerprint density at radius 1 is 1.11 bits per heavy atom. The maximum absolute atomic E-state index is 12.9. The van der Waals surface area contributed by atoms with Gasteiger partial charge in [-0.25, -0.2) is 0 Å². The van der Waals surface area contributed by atoms with Crippen LogP contribution < -0.4 is 10.1 Å². The fourth-order valence-electron chi connectivity index (χ4n) is 3.28. The number of fused-ring (bicyclic) bond motifs is 1. The number of ether oxygens (including phenoxy) is 1. The minimum absolute atomic E-state index is 0.00356. The van der Waals surface area contributed by atoms with Crippen molar-refractivity contribution >= 4 is 11.6 Å². The number of nitrogens with one attached hydrogen (secondary N) is 1. The second kappa shape index (κ2) is 7.96. The summed E-state index contributed by atoms with van der Waals surface area (Å²) in [6.45, 7) is 4.72. The lowest BCUT2D eigenvalue weighted by Gasteiger charge is -2.37. The standard InChI is InChI=1S/C23H21N3O2/c1-2-14-26-22(25-21-8-4-3-7-20(21)23(26)27)18-9-11-19(12-10-18)28-16-17-6-5-13-24-15-17/h2-13,15,22,25H,1,14,16H2/t22-/m1/s1. The molecule has 1 N–H and O–H groups in total. The number of pyridine rings is 1. The number of amides is 1. The summed E-state index contributed by atoms with van der Waals surface area (Å²) < 4.78 is 5.83. The number of carbonyl (C=O) groups is 1. The fourth-order valence-corrected chi connectivity index (χ4v) is 3.28. The number of hydrogen-bond donors (Lipinski definition) is 1. The molecule has 1 aliphatic rings. The molecule has 1 aliphatic heterocycles. The van der Waals surface area contributed by atoms with Crippen molar-refractivity contribution in [3.05, 3.63) is 102 Å². The predicted molar refractivity (Wildman–Crippen MR) is 109 cm³/mol. The molecular formula is C23H21N3O2. The van der Waals surface area contributed by atoms with Gasteiger partial charge in [0.1, 0.15) is 18.5 Å². The molecule has 0 spiro atoms. The van der Waals surface area contributed by atoms with Gasteiger partial charge in [-0.3, -0.25) is 9.78 Å². The van der Waals surface area contributed by atoms with Gasteiger partial charge in [-0.1, -0.05) is 36.4 Å². The van der Waals surface area contributed by atoms with E-state index in [2.05, 4.69) is 16.9 Å². The second-order valence-corrected chi connectivity index (χ2v) is 6.56. The molecule has 5 nitrogen and oxygen atoms in total. The summed E-state index contributed by atoms with van der Waals surface area (Å²) in [7, 11) is 0. The van der Waals surface area contributed by atoms with Crippen LogP contribution >= 0.6 is 0 Å². The van der Waals surface area contributed by atoms with Crippen LogP contribution in [-0.2, 0) is 6.61 Å². The van der Waals surface area contributed by atoms with Crippen LogP contribution in [0.3, 0.4) is 0 Å². The van der Waals surface area contributed by atoms with Crippen LogP contribution in [-0.4, -0.2) is 22.3 Å². The van der Waals surface area contributed by atoms with E-state index in [1.165, 1.54) is 0 Å². The van der Waals surface area contributed by atoms with Crippen molar-refractivity contribution < 1.29 is 9.53 Å². The van der Waals surface area contributed by atoms with E-state index in [0.717, 1.165) is 22.6 Å². The minimum atomic E-state index is -0.257. The van der Waals surface area contributed by atoms with Gasteiger partial charge in [0.05, 0.1) is 5.56 Å². The lowest BCUT2D eigenvalue weighted by atomic mass is 10.0. The number of nitrogens with zero attached hydrogens (tertiary/aromatic N) is 2. The zero-order chi connectivity index (χ0) is 19.3. The number of hydrogen-bond acceptors (Lipinski definition) is 4. The molecule has 0 radical (unpaired) electrons. The molecule has 0 unspecified atom stereocenters. The quantitative estimate of drug-likeness (QED) is 0.652. The molecule has 0 fully saturated rings. The molecule has 28 heavy (non-hydrogen) atoms. The van der Waals surface area contributed by atoms with Crippen LogP contribution in [0.1, 0.15) is 27.7 Å². The van der Waals surface area contributed by atoms with Crippen LogP contribution in [0.15, 0.2) is 85.7 Å². The van der Waals surface area contributed by atoms with Crippen molar-refractivity contribution in [1.29, 1.82) is 0 Å². The molecule has 140 valence electrons. The number of benzene rings is 2. The van der Waals surface area contributed by atoms with Gasteiger partial charge < -0.3 is 15.0 Å². The predicted octanol–water partition coefficient (Wildman–Crippen LogP) is 4.41. The monoisotopic (exact) mass is 371 g/mol. The Morgan fingerprint density at radius 3 is 2.68 bits per heavy atom. The van der Waals surface area contributed by atoms with E-state index in [1.54, 1.807) is 23.4 Å². The van der Waals surface area contributed by atoms with Crippen LogP contribution in [0, 0.1) is 0 Å². The third-order valence-corrected chi connectivity index (χ3v) is 4.67. The molecule has 1 aromatic heterocycles. The van der Waals surface area contributed by atoms with Crippen molar-refractivity contribution in [2.24, 2.45) is 0 Å². The van der Waals surface area contributed by atoms with Crippen molar-refractivity contribution in [3.63, 3.8) is 0 Å². The summed E-state index contributed by atoms with van der Waals surface area (Å²) in [5.74, 6) is 0.765. The van der Waals surface area contributed by atoms with Gasteiger partial charge in [0.2, 0.25) is 0 Å². The number of anilines is 1. The highest BCUT2D eigenvalue weighted by atomic mass is 16.5. The third kappa shape index (κ3) is 3.60. The lowest BCUT2D eigenvalue weighted by Crippen LogP contribution is -2.42. The van der Waals surface area contributed by atoms with Crippen LogP contribution in [0.2, 0.25) is 0 Å². The van der Waals surface area contributed by atoms with Crippen molar-refractivity contribution in [1.82, 2.24) is 9.88 Å². The molecule has 2 heterocycles. The minimum Gasteiger partial charge on any atom is -0.489 e. The SMILES string of the molecule is C=CCN1C(=O)c2ccccc2N[C@H]1c1ccc(OCc2cccnc2)cc1. The summed E-state index contributed by atoms with van der Waals surface area (Å²) in [4.78, 5) is 18.8. The van der Waals surface area contributed by atoms with Gasteiger partial charge in [0, 0.05) is 30.2 Å². The van der Waals surface area contributed by atoms with E-state index in [0.29, 0.717) is 18.7 Å². The smallest absolute Gasteiger partial charge is 0.258 e. The fraction of sp³-hybridized carbons (Fsp3) is 0.130. The number of rotatable bonds is 6. The van der Waals surface area contributed by atoms with Crippen LogP contribution in [0.25, 0.3) is 0 Å². The van der Waals surface area contributed by atoms with Crippen molar-refractivity contribution in [2.45, 2.75) is 12.8 Å². The maximum Gasteiger partial charge on any atom is 0.258 e. The molecule has 0 saturated carbocycles. The van der Waals surface area contributed by atoms with E-state index in [1.807, 2.05) is 60.7 Å². The molecule has 0 saturated heterocycles. The second-order valence-electron chi connectivity index (χ2n) is 6.56. The molecule has 0 aliphatic carbocycles. The highest BCUT2D eigenvalue weighted by Crippen LogP contribution is 2.33. The highest BCUT2D eigenvalue weighted by Gasteiger charge is 2.31. The van der Waals surface area contributed by atoms with Crippen LogP contribution in [0.5, 0.6) is 5.75 Å². The first-order valence-corrected chi connectivity index (χ1v) is 9.15. The summed E-state index contributed by atoms with van der Waals surface area (Å²) >= 11 is 0. The normalized spacial score (nSPS) is 15.5. The van der Waals surface area contributed by atoms with Gasteiger partial charge in [0.25, 0.3) is 5.91 Å². The van der Waals surface area contributed by atoms with E-state index in [-0.39, 0.29) is 12.1 Å². The number of para-hydroxylation sites is 1. The van der Waals surface area contributed by atoms with Gasteiger partial charge in [-0.15, -0.1) is 6.58 Å². The van der Waals surface area contributed by atoms with Crippen LogP contribution in [0.4, 0.5) is 5.69 Å². The molecular weight excluding hydrogens is 350 g/mol.